The lowest BCUT2D eigenvalue weighted by Gasteiger charge is -2.37. The SMILES string of the molecule is C/C(=C\CC(F)(F)P(=O)(Oc1ccccc1)N(Cc1ccccc1)[C@@H](C)C(=O)O)CO. The van der Waals surface area contributed by atoms with Crippen LogP contribution in [0.1, 0.15) is 25.8 Å². The zero-order valence-corrected chi connectivity index (χ0v) is 18.2. The van der Waals surface area contributed by atoms with Gasteiger partial charge in [-0.25, -0.2) is 0 Å². The van der Waals surface area contributed by atoms with Gasteiger partial charge in [0.15, 0.2) is 0 Å². The normalized spacial score (nSPS) is 15.4. The number of carbonyl (C=O) groups is 1. The van der Waals surface area contributed by atoms with E-state index in [1.54, 1.807) is 36.4 Å². The Labute approximate surface area is 180 Å². The summed E-state index contributed by atoms with van der Waals surface area (Å²) >= 11 is 0. The van der Waals surface area contributed by atoms with E-state index >= 15 is 8.78 Å². The van der Waals surface area contributed by atoms with E-state index in [1.807, 2.05) is 0 Å². The Hall–Kier alpha value is -2.54. The molecule has 168 valence electrons. The van der Waals surface area contributed by atoms with E-state index < -0.39 is 38.2 Å². The van der Waals surface area contributed by atoms with E-state index in [4.69, 9.17) is 9.63 Å². The molecule has 1 unspecified atom stereocenters. The molecule has 0 spiro atoms. The quantitative estimate of drug-likeness (QED) is 0.361. The third-order valence-corrected chi connectivity index (χ3v) is 7.29. The van der Waals surface area contributed by atoms with Gasteiger partial charge in [0.25, 0.3) is 0 Å². The maximum absolute atomic E-state index is 15.5. The number of para-hydroxylation sites is 1. The first-order valence-corrected chi connectivity index (χ1v) is 11.2. The number of aliphatic hydroxyl groups excluding tert-OH is 1. The molecule has 0 bridgehead atoms. The number of aliphatic hydroxyl groups is 1. The molecule has 0 aliphatic heterocycles. The molecule has 2 rings (SSSR count). The number of halogens is 2. The molecular weight excluding hydrogens is 427 g/mol. The number of alkyl halides is 2. The summed E-state index contributed by atoms with van der Waals surface area (Å²) in [7, 11) is -5.10. The highest BCUT2D eigenvalue weighted by Crippen LogP contribution is 2.65. The van der Waals surface area contributed by atoms with Crippen molar-refractivity contribution in [2.24, 2.45) is 0 Å². The van der Waals surface area contributed by atoms with Crippen molar-refractivity contribution in [1.82, 2.24) is 4.67 Å². The van der Waals surface area contributed by atoms with Gasteiger partial charge in [-0.1, -0.05) is 60.2 Å². The van der Waals surface area contributed by atoms with Crippen LogP contribution in [-0.2, 0) is 15.9 Å². The number of allylic oxidation sites excluding steroid dienone is 1. The van der Waals surface area contributed by atoms with E-state index in [2.05, 4.69) is 0 Å². The molecule has 0 fully saturated rings. The third kappa shape index (κ3) is 6.23. The summed E-state index contributed by atoms with van der Waals surface area (Å²) in [6.07, 6.45) is 0.0915. The molecule has 2 aromatic rings. The van der Waals surface area contributed by atoms with Crippen molar-refractivity contribution in [2.75, 3.05) is 6.61 Å². The Morgan fingerprint density at radius 1 is 1.16 bits per heavy atom. The van der Waals surface area contributed by atoms with Crippen LogP contribution in [-0.4, -0.2) is 39.2 Å². The number of rotatable bonds is 11. The van der Waals surface area contributed by atoms with Crippen LogP contribution >= 0.6 is 7.52 Å². The molecule has 31 heavy (non-hydrogen) atoms. The molecule has 0 saturated carbocycles. The summed E-state index contributed by atoms with van der Waals surface area (Å²) in [6, 6.07) is 14.3. The second kappa shape index (κ2) is 10.7. The first-order valence-electron chi connectivity index (χ1n) is 9.63. The maximum atomic E-state index is 15.5. The summed E-state index contributed by atoms with van der Waals surface area (Å²) in [4.78, 5) is 11.8. The molecule has 2 N–H and O–H groups in total. The number of hydrogen-bond donors (Lipinski definition) is 2. The molecule has 0 heterocycles. The molecule has 0 amide bonds. The number of benzene rings is 2. The predicted octanol–water partition coefficient (Wildman–Crippen LogP) is 5.16. The smallest absolute Gasteiger partial charge is 0.389 e. The topological polar surface area (TPSA) is 87.1 Å². The Morgan fingerprint density at radius 2 is 1.71 bits per heavy atom. The molecule has 0 radical (unpaired) electrons. The van der Waals surface area contributed by atoms with Crippen LogP contribution in [0.15, 0.2) is 72.3 Å². The van der Waals surface area contributed by atoms with Crippen LogP contribution < -0.4 is 4.52 Å². The summed E-state index contributed by atoms with van der Waals surface area (Å²) < 4.78 is 51.1. The molecule has 2 atom stereocenters. The Morgan fingerprint density at radius 3 is 2.23 bits per heavy atom. The molecule has 9 heteroatoms. The van der Waals surface area contributed by atoms with Crippen LogP contribution in [0.2, 0.25) is 0 Å². The highest BCUT2D eigenvalue weighted by Gasteiger charge is 2.58. The zero-order chi connectivity index (χ0) is 23.1. The Balaban J connectivity index is 2.59. The lowest BCUT2D eigenvalue weighted by atomic mass is 10.2. The summed E-state index contributed by atoms with van der Waals surface area (Å²) in [5.74, 6) is -1.48. The fraction of sp³-hybridized carbons (Fsp3) is 0.318. The van der Waals surface area contributed by atoms with Gasteiger partial charge in [0.05, 0.1) is 6.61 Å². The predicted molar refractivity (Wildman–Crippen MR) is 114 cm³/mol. The van der Waals surface area contributed by atoms with Gasteiger partial charge in [-0.3, -0.25) is 9.36 Å². The van der Waals surface area contributed by atoms with Crippen LogP contribution in [0.25, 0.3) is 0 Å². The minimum Gasteiger partial charge on any atom is -0.480 e. The van der Waals surface area contributed by atoms with Gasteiger partial charge in [-0.05, 0) is 31.5 Å². The highest BCUT2D eigenvalue weighted by atomic mass is 31.2. The highest BCUT2D eigenvalue weighted by molar-refractivity contribution is 7.58. The van der Waals surface area contributed by atoms with Crippen LogP contribution in [0.5, 0.6) is 5.75 Å². The van der Waals surface area contributed by atoms with Crippen molar-refractivity contribution in [1.29, 1.82) is 0 Å². The molecule has 0 aliphatic rings. The maximum Gasteiger partial charge on any atom is 0.389 e. The van der Waals surface area contributed by atoms with E-state index in [9.17, 15) is 14.5 Å². The number of carboxylic acids is 1. The van der Waals surface area contributed by atoms with Crippen molar-refractivity contribution >= 4 is 13.5 Å². The standard InChI is InChI=1S/C22H26F2NO5P/c1-17(16-26)13-14-22(23,24)31(29,30-20-11-7-4-8-12-20)25(18(2)21(27)28)15-19-9-5-3-6-10-19/h3-13,18,26H,14-16H2,1-2H3,(H,27,28)/b17-13+/t18-,31?/m0/s1. The lowest BCUT2D eigenvalue weighted by Crippen LogP contribution is -2.42. The molecular formula is C22H26F2NO5P. The number of hydrogen-bond acceptors (Lipinski definition) is 4. The molecule has 2 aromatic carbocycles. The van der Waals surface area contributed by atoms with Crippen molar-refractivity contribution in [2.45, 2.75) is 38.5 Å². The molecule has 0 saturated heterocycles. The van der Waals surface area contributed by atoms with Crippen molar-refractivity contribution in [3.8, 4) is 5.75 Å². The van der Waals surface area contributed by atoms with Crippen molar-refractivity contribution < 1.29 is 32.9 Å². The largest absolute Gasteiger partial charge is 0.480 e. The fourth-order valence-corrected chi connectivity index (χ4v) is 5.01. The average Bonchev–Trinajstić information content (AvgIpc) is 2.76. The average molecular weight is 453 g/mol. The van der Waals surface area contributed by atoms with Crippen molar-refractivity contribution in [3.05, 3.63) is 77.9 Å². The summed E-state index contributed by atoms with van der Waals surface area (Å²) in [6.45, 7) is 1.90. The summed E-state index contributed by atoms with van der Waals surface area (Å²) in [5, 5.41) is 18.7. The van der Waals surface area contributed by atoms with Gasteiger partial charge in [-0.15, -0.1) is 0 Å². The fourth-order valence-electron chi connectivity index (χ4n) is 2.76. The minimum atomic E-state index is -5.10. The molecule has 0 aliphatic carbocycles. The van der Waals surface area contributed by atoms with Crippen LogP contribution in [0, 0.1) is 0 Å². The number of carboxylic acid groups (broad SMARTS) is 1. The monoisotopic (exact) mass is 453 g/mol. The number of nitrogens with zero attached hydrogens (tertiary/aromatic N) is 1. The molecule has 0 aromatic heterocycles. The third-order valence-electron chi connectivity index (χ3n) is 4.66. The Bertz CT molecular complexity index is 937. The second-order valence-electron chi connectivity index (χ2n) is 7.10. The van der Waals surface area contributed by atoms with E-state index in [1.165, 1.54) is 38.1 Å². The first-order chi connectivity index (χ1) is 14.6. The van der Waals surface area contributed by atoms with E-state index in [-0.39, 0.29) is 17.9 Å². The lowest BCUT2D eigenvalue weighted by molar-refractivity contribution is -0.141. The Kier molecular flexibility index (Phi) is 8.51. The van der Waals surface area contributed by atoms with Gasteiger partial charge in [0.1, 0.15) is 11.8 Å². The first kappa shape index (κ1) is 24.7. The minimum absolute atomic E-state index is 0.0657. The van der Waals surface area contributed by atoms with Gasteiger partial charge in [0.2, 0.25) is 0 Å². The van der Waals surface area contributed by atoms with Gasteiger partial charge < -0.3 is 14.7 Å². The van der Waals surface area contributed by atoms with E-state index in [0.29, 0.717) is 5.56 Å². The van der Waals surface area contributed by atoms with E-state index in [0.717, 1.165) is 10.7 Å². The second-order valence-corrected chi connectivity index (χ2v) is 9.49. The van der Waals surface area contributed by atoms with Gasteiger partial charge >= 0.3 is 19.2 Å². The molecule has 6 nitrogen and oxygen atoms in total. The van der Waals surface area contributed by atoms with Crippen molar-refractivity contribution in [3.63, 3.8) is 0 Å². The van der Waals surface area contributed by atoms with Gasteiger partial charge in [0, 0.05) is 13.0 Å². The number of aliphatic carboxylic acids is 1. The zero-order valence-electron chi connectivity index (χ0n) is 17.3. The van der Waals surface area contributed by atoms with Gasteiger partial charge in [-0.2, -0.15) is 13.5 Å². The summed E-state index contributed by atoms with van der Waals surface area (Å²) in [5.41, 5.74) is -3.16. The van der Waals surface area contributed by atoms with Crippen LogP contribution in [0.3, 0.4) is 0 Å². The van der Waals surface area contributed by atoms with Crippen LogP contribution in [0.4, 0.5) is 8.78 Å².